The van der Waals surface area contributed by atoms with Gasteiger partial charge in [-0.25, -0.2) is 19.9 Å². The standard InChI is InChI=1S/C23H15N5O2.C12H9N3O/c29-22(17-13-25-21(26-14-17)15-5-2-1-3-6-15)27-18-8-9-20-19(11-18)28-23(30-20)16-7-4-10-24-12-16;13-9-3-4-11-10(6-9)15-12(16-11)8-2-1-5-14-7-8/h1-14H,(H,27,29);1-7H,13H2. The van der Waals surface area contributed by atoms with Crippen LogP contribution >= 0.6 is 0 Å². The van der Waals surface area contributed by atoms with E-state index in [1.165, 1.54) is 12.4 Å². The van der Waals surface area contributed by atoms with Crippen molar-refractivity contribution in [2.75, 3.05) is 11.1 Å². The normalized spacial score (nSPS) is 10.8. The molecule has 0 aliphatic heterocycles. The number of nitrogens with one attached hydrogen (secondary N) is 1. The summed E-state index contributed by atoms with van der Waals surface area (Å²) < 4.78 is 11.4. The minimum absolute atomic E-state index is 0.301. The lowest BCUT2D eigenvalue weighted by Gasteiger charge is -2.05. The number of hydrogen-bond donors (Lipinski definition) is 2. The van der Waals surface area contributed by atoms with E-state index in [0.29, 0.717) is 45.6 Å². The summed E-state index contributed by atoms with van der Waals surface area (Å²) >= 11 is 0. The number of carbonyl (C=O) groups is 1. The van der Waals surface area contributed by atoms with E-state index in [2.05, 4.69) is 35.2 Å². The summed E-state index contributed by atoms with van der Waals surface area (Å²) in [4.78, 5) is 38.1. The van der Waals surface area contributed by atoms with E-state index in [-0.39, 0.29) is 5.91 Å². The Bertz CT molecular complexity index is 2250. The Morgan fingerprint density at radius 1 is 0.630 bits per heavy atom. The number of pyridine rings is 2. The summed E-state index contributed by atoms with van der Waals surface area (Å²) in [5.74, 6) is 1.31. The van der Waals surface area contributed by atoms with Gasteiger partial charge in [0.25, 0.3) is 5.91 Å². The molecule has 0 aliphatic rings. The van der Waals surface area contributed by atoms with Crippen molar-refractivity contribution in [1.29, 1.82) is 0 Å². The van der Waals surface area contributed by atoms with Crippen LogP contribution in [0.1, 0.15) is 10.4 Å². The minimum atomic E-state index is -0.301. The number of nitrogen functional groups attached to an aromatic ring is 1. The Kier molecular flexibility index (Phi) is 7.60. The summed E-state index contributed by atoms with van der Waals surface area (Å²) in [6.45, 7) is 0. The highest BCUT2D eigenvalue weighted by atomic mass is 16.4. The average molecular weight is 605 g/mol. The lowest BCUT2D eigenvalue weighted by atomic mass is 10.2. The van der Waals surface area contributed by atoms with Gasteiger partial charge in [0.15, 0.2) is 17.0 Å². The third kappa shape index (κ3) is 6.15. The van der Waals surface area contributed by atoms with E-state index >= 15 is 0 Å². The summed E-state index contributed by atoms with van der Waals surface area (Å²) in [6, 6.07) is 27.7. The van der Waals surface area contributed by atoms with Crippen molar-refractivity contribution < 1.29 is 13.6 Å². The van der Waals surface area contributed by atoms with Gasteiger partial charge in [-0.05, 0) is 60.7 Å². The van der Waals surface area contributed by atoms with Crippen molar-refractivity contribution >= 4 is 39.5 Å². The van der Waals surface area contributed by atoms with Crippen molar-refractivity contribution in [3.63, 3.8) is 0 Å². The minimum Gasteiger partial charge on any atom is -0.436 e. The number of fused-ring (bicyclic) bond motifs is 2. The molecule has 11 heteroatoms. The van der Waals surface area contributed by atoms with Crippen molar-refractivity contribution in [3.05, 3.63) is 134 Å². The summed E-state index contributed by atoms with van der Waals surface area (Å²) in [7, 11) is 0. The number of benzene rings is 3. The Morgan fingerprint density at radius 3 is 1.83 bits per heavy atom. The highest BCUT2D eigenvalue weighted by Crippen LogP contribution is 2.27. The van der Waals surface area contributed by atoms with Gasteiger partial charge in [0.1, 0.15) is 11.0 Å². The summed E-state index contributed by atoms with van der Waals surface area (Å²) in [5.41, 5.74) is 12.6. The molecule has 3 aromatic carbocycles. The number of carbonyl (C=O) groups excluding carboxylic acids is 1. The van der Waals surface area contributed by atoms with E-state index in [4.69, 9.17) is 14.6 Å². The maximum absolute atomic E-state index is 12.6. The SMILES string of the molecule is Nc1ccc2oc(-c3cccnc3)nc2c1.O=C(Nc1ccc2oc(-c3cccnc3)nc2c1)c1cnc(-c2ccccc2)nc1. The molecule has 1 amide bonds. The molecule has 11 nitrogen and oxygen atoms in total. The fourth-order valence-corrected chi connectivity index (χ4v) is 4.56. The van der Waals surface area contributed by atoms with Crippen LogP contribution in [0, 0.1) is 0 Å². The fraction of sp³-hybridized carbons (Fsp3) is 0. The number of anilines is 2. The first kappa shape index (κ1) is 28.0. The molecular weight excluding hydrogens is 580 g/mol. The molecule has 0 spiro atoms. The number of nitrogens with zero attached hydrogens (tertiary/aromatic N) is 6. The first-order valence-electron chi connectivity index (χ1n) is 14.2. The zero-order chi connectivity index (χ0) is 31.3. The topological polar surface area (TPSA) is 159 Å². The molecule has 0 fully saturated rings. The predicted octanol–water partition coefficient (Wildman–Crippen LogP) is 7.07. The monoisotopic (exact) mass is 604 g/mol. The van der Waals surface area contributed by atoms with Crippen molar-refractivity contribution in [1.82, 2.24) is 29.9 Å². The lowest BCUT2D eigenvalue weighted by molar-refractivity contribution is 0.102. The molecule has 0 aliphatic carbocycles. The zero-order valence-corrected chi connectivity index (χ0v) is 24.1. The highest BCUT2D eigenvalue weighted by molar-refractivity contribution is 6.04. The largest absolute Gasteiger partial charge is 0.436 e. The van der Waals surface area contributed by atoms with Crippen molar-refractivity contribution in [2.45, 2.75) is 0 Å². The molecule has 5 heterocycles. The molecular formula is C35H24N8O3. The van der Waals surface area contributed by atoms with Crippen LogP contribution in [0.2, 0.25) is 0 Å². The van der Waals surface area contributed by atoms with Gasteiger partial charge in [0.05, 0.1) is 16.7 Å². The van der Waals surface area contributed by atoms with E-state index in [1.807, 2.05) is 60.7 Å². The molecule has 0 bridgehead atoms. The van der Waals surface area contributed by atoms with Gasteiger partial charge in [0.2, 0.25) is 11.8 Å². The Hall–Kier alpha value is -6.75. The number of rotatable bonds is 5. The van der Waals surface area contributed by atoms with Crippen LogP contribution < -0.4 is 11.1 Å². The van der Waals surface area contributed by atoms with Gasteiger partial charge in [-0.1, -0.05) is 30.3 Å². The van der Waals surface area contributed by atoms with Gasteiger partial charge in [-0.3, -0.25) is 14.8 Å². The van der Waals surface area contributed by atoms with Crippen LogP contribution in [0.25, 0.3) is 56.5 Å². The third-order valence-electron chi connectivity index (χ3n) is 6.82. The highest BCUT2D eigenvalue weighted by Gasteiger charge is 2.12. The van der Waals surface area contributed by atoms with Crippen LogP contribution in [0.5, 0.6) is 0 Å². The third-order valence-corrected chi connectivity index (χ3v) is 6.82. The van der Waals surface area contributed by atoms with Gasteiger partial charge >= 0.3 is 0 Å². The van der Waals surface area contributed by atoms with Crippen LogP contribution in [-0.2, 0) is 0 Å². The molecule has 0 atom stereocenters. The van der Waals surface area contributed by atoms with Gasteiger partial charge < -0.3 is 19.9 Å². The molecule has 0 radical (unpaired) electrons. The van der Waals surface area contributed by atoms with Crippen molar-refractivity contribution in [2.24, 2.45) is 0 Å². The predicted molar refractivity (Wildman–Crippen MR) is 174 cm³/mol. The van der Waals surface area contributed by atoms with Gasteiger partial charge in [-0.2, -0.15) is 0 Å². The number of nitrogens with two attached hydrogens (primary N) is 1. The van der Waals surface area contributed by atoms with Gasteiger partial charge in [0, 0.05) is 54.1 Å². The van der Waals surface area contributed by atoms with Gasteiger partial charge in [-0.15, -0.1) is 0 Å². The number of hydrogen-bond acceptors (Lipinski definition) is 10. The fourth-order valence-electron chi connectivity index (χ4n) is 4.56. The maximum Gasteiger partial charge on any atom is 0.258 e. The second-order valence-corrected chi connectivity index (χ2v) is 10.0. The smallest absolute Gasteiger partial charge is 0.258 e. The Labute approximate surface area is 261 Å². The van der Waals surface area contributed by atoms with E-state index < -0.39 is 0 Å². The van der Waals surface area contributed by atoms with E-state index in [1.54, 1.807) is 55.1 Å². The lowest BCUT2D eigenvalue weighted by Crippen LogP contribution is -2.12. The Morgan fingerprint density at radius 2 is 1.22 bits per heavy atom. The molecule has 0 unspecified atom stereocenters. The second kappa shape index (κ2) is 12.5. The number of amides is 1. The van der Waals surface area contributed by atoms with E-state index in [0.717, 1.165) is 27.8 Å². The molecule has 8 rings (SSSR count). The molecule has 222 valence electrons. The number of aromatic nitrogens is 6. The zero-order valence-electron chi connectivity index (χ0n) is 24.1. The van der Waals surface area contributed by atoms with Crippen LogP contribution in [0.15, 0.2) is 137 Å². The summed E-state index contributed by atoms with van der Waals surface area (Å²) in [5, 5.41) is 2.85. The number of oxazole rings is 2. The molecule has 5 aromatic heterocycles. The maximum atomic E-state index is 12.6. The molecule has 3 N–H and O–H groups in total. The first-order valence-corrected chi connectivity index (χ1v) is 14.2. The molecule has 46 heavy (non-hydrogen) atoms. The van der Waals surface area contributed by atoms with Crippen LogP contribution in [0.3, 0.4) is 0 Å². The molecule has 8 aromatic rings. The molecule has 0 saturated heterocycles. The average Bonchev–Trinajstić information content (AvgIpc) is 3.74. The first-order chi connectivity index (χ1) is 22.6. The van der Waals surface area contributed by atoms with E-state index in [9.17, 15) is 4.79 Å². The summed E-state index contributed by atoms with van der Waals surface area (Å²) in [6.07, 6.45) is 9.83. The quantitative estimate of drug-likeness (QED) is 0.195. The second-order valence-electron chi connectivity index (χ2n) is 10.0. The van der Waals surface area contributed by atoms with Crippen LogP contribution in [-0.4, -0.2) is 35.8 Å². The van der Waals surface area contributed by atoms with Crippen molar-refractivity contribution in [3.8, 4) is 34.3 Å². The Balaban J connectivity index is 0.000000177. The molecule has 0 saturated carbocycles. The van der Waals surface area contributed by atoms with Crippen LogP contribution in [0.4, 0.5) is 11.4 Å².